The minimum absolute atomic E-state index is 0.0104. The van der Waals surface area contributed by atoms with Gasteiger partial charge in [-0.1, -0.05) is 68.4 Å². The topological polar surface area (TPSA) is 89.1 Å². The third-order valence-electron chi connectivity index (χ3n) is 7.02. The number of hydrogen-bond donors (Lipinski definition) is 1. The van der Waals surface area contributed by atoms with Gasteiger partial charge >= 0.3 is 0 Å². The third kappa shape index (κ3) is 5.97. The summed E-state index contributed by atoms with van der Waals surface area (Å²) in [5.41, 5.74) is 4.42. The predicted molar refractivity (Wildman–Crippen MR) is 142 cm³/mol. The van der Waals surface area contributed by atoms with Crippen LogP contribution in [0.25, 0.3) is 17.1 Å². The van der Waals surface area contributed by atoms with E-state index in [0.29, 0.717) is 24.8 Å². The van der Waals surface area contributed by atoms with E-state index in [9.17, 15) is 4.79 Å². The van der Waals surface area contributed by atoms with Gasteiger partial charge in [-0.2, -0.15) is 4.98 Å². The monoisotopic (exact) mass is 498 g/mol. The van der Waals surface area contributed by atoms with Gasteiger partial charge in [-0.3, -0.25) is 9.69 Å². The first kappa shape index (κ1) is 24.9. The molecule has 0 unspecified atom stereocenters. The van der Waals surface area contributed by atoms with Crippen LogP contribution in [0, 0.1) is 5.92 Å². The Hall–Kier alpha value is -3.78. The SMILES string of the molecule is CC(C)(C)c1ccc(-c2noc(CN3CCC(C(=O)NCc4ccccc4-n4ccnc4)CC3)n2)cc1. The van der Waals surface area contributed by atoms with Gasteiger partial charge in [0.2, 0.25) is 17.6 Å². The highest BCUT2D eigenvalue weighted by molar-refractivity contribution is 5.78. The second-order valence-electron chi connectivity index (χ2n) is 10.7. The maximum absolute atomic E-state index is 12.9. The molecule has 1 aliphatic rings. The zero-order chi connectivity index (χ0) is 25.8. The van der Waals surface area contributed by atoms with E-state index in [2.05, 4.69) is 58.2 Å². The first-order valence-electron chi connectivity index (χ1n) is 12.9. The van der Waals surface area contributed by atoms with Gasteiger partial charge < -0.3 is 14.4 Å². The van der Waals surface area contributed by atoms with E-state index in [1.807, 2.05) is 47.2 Å². The Kier molecular flexibility index (Phi) is 7.19. The van der Waals surface area contributed by atoms with E-state index in [4.69, 9.17) is 4.52 Å². The van der Waals surface area contributed by atoms with Crippen molar-refractivity contribution in [2.24, 2.45) is 5.92 Å². The number of amides is 1. The highest BCUT2D eigenvalue weighted by atomic mass is 16.5. The molecule has 5 rings (SSSR count). The molecule has 8 nitrogen and oxygen atoms in total. The highest BCUT2D eigenvalue weighted by Crippen LogP contribution is 2.25. The number of carbonyl (C=O) groups is 1. The number of rotatable bonds is 7. The Morgan fingerprint density at radius 2 is 1.84 bits per heavy atom. The first-order valence-corrected chi connectivity index (χ1v) is 12.9. The van der Waals surface area contributed by atoms with Crippen molar-refractivity contribution >= 4 is 5.91 Å². The van der Waals surface area contributed by atoms with Gasteiger partial charge in [-0.15, -0.1) is 0 Å². The summed E-state index contributed by atoms with van der Waals surface area (Å²) in [7, 11) is 0. The molecule has 0 bridgehead atoms. The largest absolute Gasteiger partial charge is 0.352 e. The van der Waals surface area contributed by atoms with Crippen molar-refractivity contribution in [3.8, 4) is 17.1 Å². The molecule has 1 saturated heterocycles. The van der Waals surface area contributed by atoms with Gasteiger partial charge in [0.1, 0.15) is 0 Å². The molecule has 1 aliphatic heterocycles. The lowest BCUT2D eigenvalue weighted by Gasteiger charge is -2.30. The molecule has 0 aliphatic carbocycles. The Morgan fingerprint density at radius 3 is 2.54 bits per heavy atom. The van der Waals surface area contributed by atoms with Crippen LogP contribution in [0.3, 0.4) is 0 Å². The molecule has 0 saturated carbocycles. The number of piperidine rings is 1. The predicted octanol–water partition coefficient (Wildman–Crippen LogP) is 4.75. The van der Waals surface area contributed by atoms with E-state index in [1.54, 1.807) is 12.5 Å². The molecule has 0 spiro atoms. The third-order valence-corrected chi connectivity index (χ3v) is 7.02. The number of aromatic nitrogens is 4. The normalized spacial score (nSPS) is 15.1. The molecule has 37 heavy (non-hydrogen) atoms. The summed E-state index contributed by atoms with van der Waals surface area (Å²) in [5, 5.41) is 7.32. The zero-order valence-electron chi connectivity index (χ0n) is 21.7. The molecule has 3 heterocycles. The van der Waals surface area contributed by atoms with Gasteiger partial charge in [0.15, 0.2) is 0 Å². The van der Waals surface area contributed by atoms with Crippen LogP contribution in [0.5, 0.6) is 0 Å². The molecule has 2 aromatic carbocycles. The fourth-order valence-electron chi connectivity index (χ4n) is 4.74. The van der Waals surface area contributed by atoms with Gasteiger partial charge in [0, 0.05) is 30.4 Å². The smallest absolute Gasteiger partial charge is 0.241 e. The minimum atomic E-state index is 0.0104. The standard InChI is InChI=1S/C29H34N6O2/c1-29(2,3)24-10-8-21(9-11-24)27-32-26(37-33-27)19-34-15-12-22(13-16-34)28(36)31-18-23-6-4-5-7-25(23)35-17-14-30-20-35/h4-11,14,17,20,22H,12-13,15-16,18-19H2,1-3H3,(H,31,36). The van der Waals surface area contributed by atoms with Crippen LogP contribution in [0.1, 0.15) is 50.6 Å². The van der Waals surface area contributed by atoms with Gasteiger partial charge in [0.05, 0.1) is 18.6 Å². The quantitative estimate of drug-likeness (QED) is 0.396. The molecule has 0 atom stereocenters. The van der Waals surface area contributed by atoms with Gasteiger partial charge in [-0.25, -0.2) is 4.98 Å². The summed E-state index contributed by atoms with van der Waals surface area (Å²) >= 11 is 0. The van der Waals surface area contributed by atoms with Crippen LogP contribution >= 0.6 is 0 Å². The molecule has 1 amide bonds. The fourth-order valence-corrected chi connectivity index (χ4v) is 4.74. The number of nitrogens with one attached hydrogen (secondary N) is 1. The molecule has 2 aromatic heterocycles. The highest BCUT2D eigenvalue weighted by Gasteiger charge is 2.26. The minimum Gasteiger partial charge on any atom is -0.352 e. The molecule has 1 N–H and O–H groups in total. The Morgan fingerprint density at radius 1 is 1.08 bits per heavy atom. The summed E-state index contributed by atoms with van der Waals surface area (Å²) in [6.45, 7) is 9.33. The average Bonchev–Trinajstić information content (AvgIpc) is 3.60. The number of nitrogens with zero attached hydrogens (tertiary/aromatic N) is 5. The second kappa shape index (κ2) is 10.7. The number of para-hydroxylation sites is 1. The lowest BCUT2D eigenvalue weighted by Crippen LogP contribution is -2.40. The summed E-state index contributed by atoms with van der Waals surface area (Å²) in [4.78, 5) is 23.9. The van der Waals surface area contributed by atoms with Crippen molar-refractivity contribution in [1.29, 1.82) is 0 Å². The van der Waals surface area contributed by atoms with Crippen molar-refractivity contribution in [3.63, 3.8) is 0 Å². The molecular formula is C29H34N6O2. The summed E-state index contributed by atoms with van der Waals surface area (Å²) in [6, 6.07) is 16.4. The van der Waals surface area contributed by atoms with Gasteiger partial charge in [0.25, 0.3) is 0 Å². The lowest BCUT2D eigenvalue weighted by molar-refractivity contribution is -0.126. The van der Waals surface area contributed by atoms with E-state index < -0.39 is 0 Å². The molecule has 1 fully saturated rings. The molecular weight excluding hydrogens is 464 g/mol. The molecule has 4 aromatic rings. The summed E-state index contributed by atoms with van der Waals surface area (Å²) < 4.78 is 7.50. The van der Waals surface area contributed by atoms with Crippen molar-refractivity contribution < 1.29 is 9.32 Å². The van der Waals surface area contributed by atoms with E-state index in [1.165, 1.54) is 5.56 Å². The molecule has 8 heteroatoms. The van der Waals surface area contributed by atoms with Crippen molar-refractivity contribution in [2.45, 2.75) is 52.1 Å². The average molecular weight is 499 g/mol. The van der Waals surface area contributed by atoms with E-state index >= 15 is 0 Å². The number of hydrogen-bond acceptors (Lipinski definition) is 6. The van der Waals surface area contributed by atoms with Crippen molar-refractivity contribution in [1.82, 2.24) is 29.9 Å². The first-order chi connectivity index (χ1) is 17.9. The zero-order valence-corrected chi connectivity index (χ0v) is 21.7. The van der Waals surface area contributed by atoms with Gasteiger partial charge in [-0.05, 0) is 48.5 Å². The van der Waals surface area contributed by atoms with Crippen LogP contribution < -0.4 is 5.32 Å². The maximum Gasteiger partial charge on any atom is 0.241 e. The second-order valence-corrected chi connectivity index (χ2v) is 10.7. The van der Waals surface area contributed by atoms with Crippen LogP contribution in [0.2, 0.25) is 0 Å². The van der Waals surface area contributed by atoms with Crippen LogP contribution in [0.4, 0.5) is 0 Å². The Balaban J connectivity index is 1.11. The molecule has 192 valence electrons. The Labute approximate surface area is 217 Å². The fraction of sp³-hybridized carbons (Fsp3) is 0.379. The summed E-state index contributed by atoms with van der Waals surface area (Å²) in [5.74, 6) is 1.34. The van der Waals surface area contributed by atoms with Crippen molar-refractivity contribution in [2.75, 3.05) is 13.1 Å². The lowest BCUT2D eigenvalue weighted by atomic mass is 9.87. The Bertz CT molecular complexity index is 1310. The maximum atomic E-state index is 12.9. The number of imidazole rings is 1. The van der Waals surface area contributed by atoms with E-state index in [0.717, 1.165) is 42.7 Å². The van der Waals surface area contributed by atoms with Crippen LogP contribution in [-0.2, 0) is 23.3 Å². The number of benzene rings is 2. The molecule has 0 radical (unpaired) electrons. The number of likely N-dealkylation sites (tertiary alicyclic amines) is 1. The van der Waals surface area contributed by atoms with Crippen LogP contribution in [0.15, 0.2) is 71.8 Å². The van der Waals surface area contributed by atoms with Crippen molar-refractivity contribution in [3.05, 3.63) is 84.3 Å². The van der Waals surface area contributed by atoms with Crippen LogP contribution in [-0.4, -0.2) is 43.6 Å². The van der Waals surface area contributed by atoms with E-state index in [-0.39, 0.29) is 17.2 Å². The summed E-state index contributed by atoms with van der Waals surface area (Å²) in [6.07, 6.45) is 7.05. The number of carbonyl (C=O) groups excluding carboxylic acids is 1.